The molecule has 0 aliphatic carbocycles. The van der Waals surface area contributed by atoms with Crippen LogP contribution < -0.4 is 5.73 Å². The van der Waals surface area contributed by atoms with Crippen LogP contribution in [0.5, 0.6) is 0 Å². The highest BCUT2D eigenvalue weighted by Gasteiger charge is 2.03. The van der Waals surface area contributed by atoms with E-state index in [-0.39, 0.29) is 0 Å². The molecule has 17 heavy (non-hydrogen) atoms. The van der Waals surface area contributed by atoms with E-state index in [0.717, 1.165) is 24.4 Å². The number of unbranched alkanes of at least 4 members (excludes halogenated alkanes) is 5. The van der Waals surface area contributed by atoms with Crippen LogP contribution in [-0.2, 0) is 17.9 Å². The lowest BCUT2D eigenvalue weighted by molar-refractivity contribution is 0.102. The topological polar surface area (TPSA) is 48.4 Å². The first kappa shape index (κ1) is 14.3. The first-order valence-corrected chi connectivity index (χ1v) is 6.71. The molecule has 0 radical (unpaired) electrons. The largest absolute Gasteiger partial charge is 0.467 e. The molecular weight excluding hydrogens is 214 g/mol. The quantitative estimate of drug-likeness (QED) is 0.634. The minimum atomic E-state index is 0.520. The third-order valence-electron chi connectivity index (χ3n) is 2.93. The standard InChI is InChI=1S/C14H25NO2/c1-2-3-4-5-6-7-9-16-12-14-13(11-15)8-10-17-14/h8,10H,2-7,9,11-12,15H2,1H3. The first-order valence-electron chi connectivity index (χ1n) is 6.71. The van der Waals surface area contributed by atoms with Crippen molar-refractivity contribution in [3.63, 3.8) is 0 Å². The molecule has 1 rings (SSSR count). The van der Waals surface area contributed by atoms with E-state index in [9.17, 15) is 0 Å². The molecular formula is C14H25NO2. The first-order chi connectivity index (χ1) is 8.38. The lowest BCUT2D eigenvalue weighted by Crippen LogP contribution is -2.01. The van der Waals surface area contributed by atoms with Crippen LogP contribution in [0.15, 0.2) is 16.7 Å². The van der Waals surface area contributed by atoms with Crippen molar-refractivity contribution in [1.82, 2.24) is 0 Å². The summed E-state index contributed by atoms with van der Waals surface area (Å²) in [5, 5.41) is 0. The van der Waals surface area contributed by atoms with Gasteiger partial charge in [0.25, 0.3) is 0 Å². The molecule has 0 amide bonds. The van der Waals surface area contributed by atoms with E-state index < -0.39 is 0 Å². The molecule has 0 bridgehead atoms. The highest BCUT2D eigenvalue weighted by Crippen LogP contribution is 2.11. The van der Waals surface area contributed by atoms with Crippen LogP contribution >= 0.6 is 0 Å². The Morgan fingerprint density at radius 2 is 1.94 bits per heavy atom. The van der Waals surface area contributed by atoms with E-state index >= 15 is 0 Å². The molecule has 98 valence electrons. The number of furan rings is 1. The van der Waals surface area contributed by atoms with Gasteiger partial charge in [-0.3, -0.25) is 0 Å². The van der Waals surface area contributed by atoms with E-state index in [2.05, 4.69) is 6.92 Å². The van der Waals surface area contributed by atoms with Crippen molar-refractivity contribution in [3.05, 3.63) is 23.7 Å². The van der Waals surface area contributed by atoms with Gasteiger partial charge in [-0.2, -0.15) is 0 Å². The third kappa shape index (κ3) is 5.89. The van der Waals surface area contributed by atoms with E-state index in [1.165, 1.54) is 32.1 Å². The summed E-state index contributed by atoms with van der Waals surface area (Å²) in [6, 6.07) is 1.91. The van der Waals surface area contributed by atoms with E-state index in [1.807, 2.05) is 6.07 Å². The Labute approximate surface area is 104 Å². The number of nitrogens with two attached hydrogens (primary N) is 1. The van der Waals surface area contributed by atoms with Crippen LogP contribution in [0.4, 0.5) is 0 Å². The van der Waals surface area contributed by atoms with E-state index in [0.29, 0.717) is 13.2 Å². The summed E-state index contributed by atoms with van der Waals surface area (Å²) in [5.41, 5.74) is 6.63. The van der Waals surface area contributed by atoms with Crippen LogP contribution in [0, 0.1) is 0 Å². The van der Waals surface area contributed by atoms with Gasteiger partial charge in [0.05, 0.1) is 6.26 Å². The molecule has 0 aliphatic rings. The monoisotopic (exact) mass is 239 g/mol. The lowest BCUT2D eigenvalue weighted by atomic mass is 10.1. The SMILES string of the molecule is CCCCCCCCOCc1occc1CN. The Bertz CT molecular complexity index is 284. The molecule has 1 heterocycles. The summed E-state index contributed by atoms with van der Waals surface area (Å²) < 4.78 is 10.9. The Kier molecular flexibility index (Phi) is 7.76. The van der Waals surface area contributed by atoms with Crippen molar-refractivity contribution < 1.29 is 9.15 Å². The molecule has 3 heteroatoms. The molecule has 0 spiro atoms. The zero-order chi connectivity index (χ0) is 12.3. The Morgan fingerprint density at radius 1 is 1.18 bits per heavy atom. The fourth-order valence-electron chi connectivity index (χ4n) is 1.82. The van der Waals surface area contributed by atoms with Crippen LogP contribution in [0.3, 0.4) is 0 Å². The fraction of sp³-hybridized carbons (Fsp3) is 0.714. The predicted molar refractivity (Wildman–Crippen MR) is 69.6 cm³/mol. The van der Waals surface area contributed by atoms with Crippen LogP contribution in [-0.4, -0.2) is 6.61 Å². The van der Waals surface area contributed by atoms with Crippen molar-refractivity contribution in [1.29, 1.82) is 0 Å². The smallest absolute Gasteiger partial charge is 0.133 e. The maximum atomic E-state index is 5.58. The lowest BCUT2D eigenvalue weighted by Gasteiger charge is -2.04. The molecule has 2 N–H and O–H groups in total. The molecule has 1 aromatic heterocycles. The Balaban J connectivity index is 1.97. The third-order valence-corrected chi connectivity index (χ3v) is 2.93. The van der Waals surface area contributed by atoms with Gasteiger partial charge >= 0.3 is 0 Å². The molecule has 0 atom stereocenters. The molecule has 0 saturated heterocycles. The number of hydrogen-bond donors (Lipinski definition) is 1. The van der Waals surface area contributed by atoms with Crippen molar-refractivity contribution in [2.75, 3.05) is 6.61 Å². The van der Waals surface area contributed by atoms with Crippen LogP contribution in [0.25, 0.3) is 0 Å². The van der Waals surface area contributed by atoms with Crippen LogP contribution in [0.1, 0.15) is 56.8 Å². The molecule has 0 aromatic carbocycles. The molecule has 3 nitrogen and oxygen atoms in total. The van der Waals surface area contributed by atoms with Crippen LogP contribution in [0.2, 0.25) is 0 Å². The molecule has 1 aromatic rings. The predicted octanol–water partition coefficient (Wildman–Crippen LogP) is 3.62. The normalized spacial score (nSPS) is 10.9. The van der Waals surface area contributed by atoms with Crippen molar-refractivity contribution in [2.24, 2.45) is 5.73 Å². The second kappa shape index (κ2) is 9.25. The van der Waals surface area contributed by atoms with Gasteiger partial charge in [-0.1, -0.05) is 39.0 Å². The highest BCUT2D eigenvalue weighted by atomic mass is 16.5. The molecule has 0 aliphatic heterocycles. The minimum Gasteiger partial charge on any atom is -0.467 e. The van der Waals surface area contributed by atoms with Gasteiger partial charge in [-0.15, -0.1) is 0 Å². The minimum absolute atomic E-state index is 0.520. The van der Waals surface area contributed by atoms with E-state index in [4.69, 9.17) is 14.9 Å². The van der Waals surface area contributed by atoms with Gasteiger partial charge in [0.15, 0.2) is 0 Å². The summed E-state index contributed by atoms with van der Waals surface area (Å²) in [7, 11) is 0. The summed E-state index contributed by atoms with van der Waals surface area (Å²) in [4.78, 5) is 0. The number of rotatable bonds is 10. The zero-order valence-corrected chi connectivity index (χ0v) is 10.9. The summed E-state index contributed by atoms with van der Waals surface area (Å²) in [6.45, 7) is 4.12. The van der Waals surface area contributed by atoms with Gasteiger partial charge in [0, 0.05) is 18.7 Å². The maximum absolute atomic E-state index is 5.58. The van der Waals surface area contributed by atoms with E-state index in [1.54, 1.807) is 6.26 Å². The Morgan fingerprint density at radius 3 is 2.71 bits per heavy atom. The van der Waals surface area contributed by atoms with Gasteiger partial charge in [-0.25, -0.2) is 0 Å². The summed E-state index contributed by atoms with van der Waals surface area (Å²) in [5.74, 6) is 0.874. The van der Waals surface area contributed by atoms with Gasteiger partial charge in [-0.05, 0) is 12.5 Å². The van der Waals surface area contributed by atoms with Crippen molar-refractivity contribution >= 4 is 0 Å². The van der Waals surface area contributed by atoms with Gasteiger partial charge < -0.3 is 14.9 Å². The van der Waals surface area contributed by atoms with Gasteiger partial charge in [0.1, 0.15) is 12.4 Å². The highest BCUT2D eigenvalue weighted by molar-refractivity contribution is 5.15. The maximum Gasteiger partial charge on any atom is 0.133 e. The average molecular weight is 239 g/mol. The van der Waals surface area contributed by atoms with Gasteiger partial charge in [0.2, 0.25) is 0 Å². The molecule has 0 saturated carbocycles. The molecule has 0 unspecified atom stereocenters. The average Bonchev–Trinajstić information content (AvgIpc) is 2.80. The Hall–Kier alpha value is -0.800. The van der Waals surface area contributed by atoms with Crippen molar-refractivity contribution in [2.45, 2.75) is 58.6 Å². The second-order valence-electron chi connectivity index (χ2n) is 4.39. The summed E-state index contributed by atoms with van der Waals surface area (Å²) >= 11 is 0. The number of hydrogen-bond acceptors (Lipinski definition) is 3. The second-order valence-corrected chi connectivity index (χ2v) is 4.39. The zero-order valence-electron chi connectivity index (χ0n) is 10.9. The summed E-state index contributed by atoms with van der Waals surface area (Å²) in [6.07, 6.45) is 9.41. The molecule has 0 fully saturated rings. The fourth-order valence-corrected chi connectivity index (χ4v) is 1.82. The van der Waals surface area contributed by atoms with Crippen molar-refractivity contribution in [3.8, 4) is 0 Å². The number of ether oxygens (including phenoxy) is 1.